The van der Waals surface area contributed by atoms with Crippen LogP contribution in [0.3, 0.4) is 0 Å². The number of hydrogen-bond donors (Lipinski definition) is 2. The summed E-state index contributed by atoms with van der Waals surface area (Å²) in [5.74, 6) is 0.350. The van der Waals surface area contributed by atoms with Crippen molar-refractivity contribution >= 4 is 35.0 Å². The van der Waals surface area contributed by atoms with E-state index in [4.69, 9.17) is 18.0 Å². The number of nitrogens with two attached hydrogens (primary N) is 1. The first kappa shape index (κ1) is 12.6. The van der Waals surface area contributed by atoms with Gasteiger partial charge in [0.25, 0.3) is 0 Å². The van der Waals surface area contributed by atoms with Crippen LogP contribution in [0, 0.1) is 0 Å². The second kappa shape index (κ2) is 5.68. The van der Waals surface area contributed by atoms with Crippen LogP contribution in [0.1, 0.15) is 32.1 Å². The standard InChI is InChI=1S/C10H17N5S2/c1-17-9-13-8(11)15(14-9)10(16)12-7-5-3-2-4-6-7/h7H,2-6H2,1H3,(H,12,16)(H2,11,13,14). The largest absolute Gasteiger partial charge is 0.368 e. The van der Waals surface area contributed by atoms with Crippen LogP contribution < -0.4 is 11.1 Å². The van der Waals surface area contributed by atoms with E-state index in [-0.39, 0.29) is 0 Å². The van der Waals surface area contributed by atoms with Gasteiger partial charge in [0.15, 0.2) is 5.11 Å². The molecule has 0 saturated heterocycles. The fourth-order valence-electron chi connectivity index (χ4n) is 2.02. The summed E-state index contributed by atoms with van der Waals surface area (Å²) in [6.07, 6.45) is 8.12. The van der Waals surface area contributed by atoms with Gasteiger partial charge in [0.1, 0.15) is 0 Å². The van der Waals surface area contributed by atoms with Gasteiger partial charge in [-0.25, -0.2) is 0 Å². The number of thiocarbonyl (C=S) groups is 1. The average Bonchev–Trinajstić information content (AvgIpc) is 2.72. The molecule has 0 bridgehead atoms. The molecule has 5 nitrogen and oxygen atoms in total. The maximum absolute atomic E-state index is 5.77. The second-order valence-electron chi connectivity index (χ2n) is 4.15. The summed E-state index contributed by atoms with van der Waals surface area (Å²) in [5, 5.41) is 8.76. The number of nitrogens with zero attached hydrogens (tertiary/aromatic N) is 3. The summed E-state index contributed by atoms with van der Waals surface area (Å²) in [7, 11) is 0. The molecule has 1 heterocycles. The van der Waals surface area contributed by atoms with Crippen molar-refractivity contribution < 1.29 is 0 Å². The third-order valence-electron chi connectivity index (χ3n) is 2.92. The fraction of sp³-hybridized carbons (Fsp3) is 0.700. The van der Waals surface area contributed by atoms with Gasteiger partial charge in [-0.1, -0.05) is 31.0 Å². The minimum atomic E-state index is 0.350. The van der Waals surface area contributed by atoms with E-state index in [1.54, 1.807) is 0 Å². The van der Waals surface area contributed by atoms with Crippen LogP contribution in [0.5, 0.6) is 0 Å². The Kier molecular flexibility index (Phi) is 4.22. The molecule has 7 heteroatoms. The van der Waals surface area contributed by atoms with Crippen molar-refractivity contribution in [3.63, 3.8) is 0 Å². The summed E-state index contributed by atoms with van der Waals surface area (Å²) in [6, 6.07) is 0.456. The number of aromatic nitrogens is 3. The Bertz CT molecular complexity index is 397. The molecule has 0 spiro atoms. The van der Waals surface area contributed by atoms with Gasteiger partial charge < -0.3 is 11.1 Å². The van der Waals surface area contributed by atoms with Gasteiger partial charge in [-0.2, -0.15) is 9.67 Å². The van der Waals surface area contributed by atoms with E-state index in [9.17, 15) is 0 Å². The number of hydrogen-bond acceptors (Lipinski definition) is 5. The van der Waals surface area contributed by atoms with Crippen LogP contribution in [-0.4, -0.2) is 32.2 Å². The van der Waals surface area contributed by atoms with Gasteiger partial charge >= 0.3 is 0 Å². The van der Waals surface area contributed by atoms with Crippen molar-refractivity contribution in [1.82, 2.24) is 20.1 Å². The van der Waals surface area contributed by atoms with Gasteiger partial charge in [-0.3, -0.25) is 0 Å². The van der Waals surface area contributed by atoms with Crippen LogP contribution >= 0.6 is 24.0 Å². The SMILES string of the molecule is CSc1nc(N)n(C(=S)NC2CCCCC2)n1. The Morgan fingerprint density at radius 2 is 2.18 bits per heavy atom. The highest BCUT2D eigenvalue weighted by Crippen LogP contribution is 2.18. The molecule has 1 saturated carbocycles. The van der Waals surface area contributed by atoms with Gasteiger partial charge in [0.05, 0.1) is 0 Å². The summed E-state index contributed by atoms with van der Waals surface area (Å²) in [4.78, 5) is 4.11. The smallest absolute Gasteiger partial charge is 0.226 e. The number of rotatable bonds is 2. The van der Waals surface area contributed by atoms with E-state index >= 15 is 0 Å². The quantitative estimate of drug-likeness (QED) is 0.629. The molecule has 1 aliphatic carbocycles. The van der Waals surface area contributed by atoms with Crippen LogP contribution in [0.4, 0.5) is 5.95 Å². The summed E-state index contributed by atoms with van der Waals surface area (Å²) >= 11 is 6.77. The van der Waals surface area contributed by atoms with Crippen molar-refractivity contribution in [3.05, 3.63) is 0 Å². The molecule has 0 aromatic carbocycles. The Hall–Kier alpha value is -0.820. The lowest BCUT2D eigenvalue weighted by Crippen LogP contribution is -2.39. The van der Waals surface area contributed by atoms with Crippen LogP contribution in [0.2, 0.25) is 0 Å². The van der Waals surface area contributed by atoms with Crippen molar-refractivity contribution in [1.29, 1.82) is 0 Å². The minimum Gasteiger partial charge on any atom is -0.368 e. The lowest BCUT2D eigenvalue weighted by Gasteiger charge is -2.23. The van der Waals surface area contributed by atoms with Crippen LogP contribution in [-0.2, 0) is 0 Å². The molecule has 0 amide bonds. The molecular weight excluding hydrogens is 254 g/mol. The van der Waals surface area contributed by atoms with Gasteiger partial charge in [0.2, 0.25) is 11.1 Å². The molecular formula is C10H17N5S2. The van der Waals surface area contributed by atoms with E-state index in [0.29, 0.717) is 22.3 Å². The molecule has 1 fully saturated rings. The molecule has 94 valence electrons. The molecule has 3 N–H and O–H groups in total. The number of thioether (sulfide) groups is 1. The normalized spacial score (nSPS) is 17.0. The third kappa shape index (κ3) is 3.10. The highest BCUT2D eigenvalue weighted by Gasteiger charge is 2.17. The third-order valence-corrected chi connectivity index (χ3v) is 3.75. The Labute approximate surface area is 111 Å². The van der Waals surface area contributed by atoms with Gasteiger partial charge in [0, 0.05) is 6.04 Å². The molecule has 1 aliphatic rings. The second-order valence-corrected chi connectivity index (χ2v) is 5.31. The Morgan fingerprint density at radius 3 is 2.76 bits per heavy atom. The van der Waals surface area contributed by atoms with Crippen molar-refractivity contribution in [3.8, 4) is 0 Å². The minimum absolute atomic E-state index is 0.350. The van der Waals surface area contributed by atoms with Crippen molar-refractivity contribution in [2.75, 3.05) is 12.0 Å². The maximum Gasteiger partial charge on any atom is 0.226 e. The van der Waals surface area contributed by atoms with E-state index in [1.807, 2.05) is 6.26 Å². The molecule has 1 aromatic rings. The highest BCUT2D eigenvalue weighted by molar-refractivity contribution is 7.98. The Morgan fingerprint density at radius 1 is 1.47 bits per heavy atom. The molecule has 0 atom stereocenters. The van der Waals surface area contributed by atoms with Crippen molar-refractivity contribution in [2.24, 2.45) is 0 Å². The zero-order chi connectivity index (χ0) is 12.3. The maximum atomic E-state index is 5.77. The molecule has 2 rings (SSSR count). The summed E-state index contributed by atoms with van der Waals surface area (Å²) in [6.45, 7) is 0. The van der Waals surface area contributed by atoms with E-state index in [2.05, 4.69) is 15.4 Å². The predicted molar refractivity (Wildman–Crippen MR) is 74.2 cm³/mol. The van der Waals surface area contributed by atoms with Crippen LogP contribution in [0.25, 0.3) is 0 Å². The summed E-state index contributed by atoms with van der Waals surface area (Å²) in [5.41, 5.74) is 5.77. The number of anilines is 1. The number of nitrogen functional groups attached to an aromatic ring is 1. The van der Waals surface area contributed by atoms with E-state index in [0.717, 1.165) is 0 Å². The van der Waals surface area contributed by atoms with E-state index < -0.39 is 0 Å². The summed E-state index contributed by atoms with van der Waals surface area (Å²) < 4.78 is 1.51. The van der Waals surface area contributed by atoms with E-state index in [1.165, 1.54) is 48.5 Å². The monoisotopic (exact) mass is 271 g/mol. The fourth-order valence-corrected chi connectivity index (χ4v) is 2.67. The molecule has 0 unspecified atom stereocenters. The Balaban J connectivity index is 2.00. The first-order chi connectivity index (χ1) is 8.20. The van der Waals surface area contributed by atoms with Crippen molar-refractivity contribution in [2.45, 2.75) is 43.3 Å². The van der Waals surface area contributed by atoms with Gasteiger partial charge in [-0.05, 0) is 31.3 Å². The first-order valence-electron chi connectivity index (χ1n) is 5.78. The molecule has 0 aliphatic heterocycles. The number of nitrogens with one attached hydrogen (secondary N) is 1. The zero-order valence-corrected chi connectivity index (χ0v) is 11.5. The topological polar surface area (TPSA) is 68.8 Å². The lowest BCUT2D eigenvalue weighted by molar-refractivity contribution is 0.412. The molecule has 0 radical (unpaired) electrons. The molecule has 1 aromatic heterocycles. The lowest BCUT2D eigenvalue weighted by atomic mass is 9.96. The average molecular weight is 271 g/mol. The predicted octanol–water partition coefficient (Wildman–Crippen LogP) is 1.64. The zero-order valence-electron chi connectivity index (χ0n) is 9.85. The first-order valence-corrected chi connectivity index (χ1v) is 7.41. The highest BCUT2D eigenvalue weighted by atomic mass is 32.2. The van der Waals surface area contributed by atoms with Crippen LogP contribution in [0.15, 0.2) is 5.16 Å². The molecule has 17 heavy (non-hydrogen) atoms. The van der Waals surface area contributed by atoms with Gasteiger partial charge in [-0.15, -0.1) is 5.10 Å².